The summed E-state index contributed by atoms with van der Waals surface area (Å²) < 4.78 is 1.01. The smallest absolute Gasteiger partial charge is 0.131 e. The molecule has 1 fully saturated rings. The first-order valence-corrected chi connectivity index (χ1v) is 5.57. The highest BCUT2D eigenvalue weighted by molar-refractivity contribution is 9.10. The molecule has 0 bridgehead atoms. The average Bonchev–Trinajstić information content (AvgIpc) is 2.13. The molecule has 1 N–H and O–H groups in total. The third-order valence-electron chi connectivity index (χ3n) is 2.45. The lowest BCUT2D eigenvalue weighted by atomic mass is 10.1. The Balaban J connectivity index is 2.24. The highest BCUT2D eigenvalue weighted by atomic mass is 79.9. The Morgan fingerprint density at radius 2 is 2.36 bits per heavy atom. The number of aliphatic hydroxyl groups is 1. The van der Waals surface area contributed by atoms with Crippen molar-refractivity contribution < 1.29 is 5.11 Å². The number of β-amino-alcohol motifs (C(OH)–C–C–N with tert-alkyl or cyclic N) is 1. The van der Waals surface area contributed by atoms with Crippen molar-refractivity contribution >= 4 is 21.7 Å². The van der Waals surface area contributed by atoms with Gasteiger partial charge in [-0.25, -0.2) is 4.98 Å². The monoisotopic (exact) mass is 256 g/mol. The van der Waals surface area contributed by atoms with E-state index in [1.54, 1.807) is 6.20 Å². The Kier molecular flexibility index (Phi) is 2.74. The molecule has 1 aliphatic rings. The Labute approximate surface area is 91.9 Å². The topological polar surface area (TPSA) is 36.4 Å². The van der Waals surface area contributed by atoms with Gasteiger partial charge in [-0.2, -0.15) is 0 Å². The second-order valence-electron chi connectivity index (χ2n) is 3.55. The molecule has 0 aliphatic carbocycles. The molecule has 76 valence electrons. The molecule has 1 aromatic rings. The molecule has 3 nitrogen and oxygen atoms in total. The SMILES string of the molecule is CCc1cc(Br)cnc1N1CC(O)C1. The molecular weight excluding hydrogens is 244 g/mol. The van der Waals surface area contributed by atoms with Gasteiger partial charge in [0.25, 0.3) is 0 Å². The zero-order valence-electron chi connectivity index (χ0n) is 8.07. The lowest BCUT2D eigenvalue weighted by molar-refractivity contribution is 0.141. The molecule has 1 aromatic heterocycles. The number of halogens is 1. The van der Waals surface area contributed by atoms with E-state index >= 15 is 0 Å². The fraction of sp³-hybridized carbons (Fsp3) is 0.500. The summed E-state index contributed by atoms with van der Waals surface area (Å²) in [4.78, 5) is 6.48. The minimum absolute atomic E-state index is 0.176. The number of hydrogen-bond acceptors (Lipinski definition) is 3. The second-order valence-corrected chi connectivity index (χ2v) is 4.46. The minimum Gasteiger partial charge on any atom is -0.389 e. The average molecular weight is 257 g/mol. The van der Waals surface area contributed by atoms with Crippen molar-refractivity contribution in [3.63, 3.8) is 0 Å². The third-order valence-corrected chi connectivity index (χ3v) is 2.89. The van der Waals surface area contributed by atoms with Gasteiger partial charge in [0, 0.05) is 23.8 Å². The van der Waals surface area contributed by atoms with Crippen molar-refractivity contribution in [2.45, 2.75) is 19.4 Å². The first kappa shape index (κ1) is 9.93. The summed E-state index contributed by atoms with van der Waals surface area (Å²) in [5.41, 5.74) is 1.23. The maximum Gasteiger partial charge on any atom is 0.131 e. The lowest BCUT2D eigenvalue weighted by Crippen LogP contribution is -2.51. The van der Waals surface area contributed by atoms with E-state index in [2.05, 4.69) is 38.8 Å². The summed E-state index contributed by atoms with van der Waals surface area (Å²) in [6.45, 7) is 3.53. The Morgan fingerprint density at radius 1 is 1.64 bits per heavy atom. The largest absolute Gasteiger partial charge is 0.389 e. The summed E-state index contributed by atoms with van der Waals surface area (Å²) in [5, 5.41) is 9.22. The summed E-state index contributed by atoms with van der Waals surface area (Å²) in [5.74, 6) is 1.01. The number of aromatic nitrogens is 1. The van der Waals surface area contributed by atoms with E-state index in [1.165, 1.54) is 5.56 Å². The maximum absolute atomic E-state index is 9.22. The predicted octanol–water partition coefficient (Wildman–Crippen LogP) is 1.59. The van der Waals surface area contributed by atoms with E-state index in [-0.39, 0.29) is 6.10 Å². The molecule has 14 heavy (non-hydrogen) atoms. The van der Waals surface area contributed by atoms with Crippen LogP contribution in [0.15, 0.2) is 16.7 Å². The van der Waals surface area contributed by atoms with Gasteiger partial charge < -0.3 is 10.0 Å². The molecule has 0 radical (unpaired) electrons. The van der Waals surface area contributed by atoms with E-state index in [0.717, 1.165) is 16.7 Å². The molecule has 0 saturated carbocycles. The Hall–Kier alpha value is -0.610. The molecule has 0 spiro atoms. The van der Waals surface area contributed by atoms with Gasteiger partial charge in [-0.1, -0.05) is 6.92 Å². The van der Waals surface area contributed by atoms with E-state index in [1.807, 2.05) is 0 Å². The first-order chi connectivity index (χ1) is 6.70. The van der Waals surface area contributed by atoms with Crippen LogP contribution >= 0.6 is 15.9 Å². The molecule has 0 atom stereocenters. The normalized spacial score (nSPS) is 16.9. The number of aliphatic hydroxyl groups excluding tert-OH is 1. The molecular formula is C10H13BrN2O. The van der Waals surface area contributed by atoms with Gasteiger partial charge >= 0.3 is 0 Å². The zero-order valence-corrected chi connectivity index (χ0v) is 9.66. The number of hydrogen-bond donors (Lipinski definition) is 1. The van der Waals surface area contributed by atoms with Crippen LogP contribution in [0.3, 0.4) is 0 Å². The molecule has 2 rings (SSSR count). The van der Waals surface area contributed by atoms with Crippen LogP contribution in [0.2, 0.25) is 0 Å². The summed E-state index contributed by atoms with van der Waals surface area (Å²) in [7, 11) is 0. The van der Waals surface area contributed by atoms with Gasteiger partial charge in [-0.05, 0) is 34.0 Å². The fourth-order valence-electron chi connectivity index (χ4n) is 1.65. The lowest BCUT2D eigenvalue weighted by Gasteiger charge is -2.37. The Morgan fingerprint density at radius 3 is 2.93 bits per heavy atom. The van der Waals surface area contributed by atoms with E-state index < -0.39 is 0 Å². The predicted molar refractivity (Wildman–Crippen MR) is 59.5 cm³/mol. The van der Waals surface area contributed by atoms with Crippen molar-refractivity contribution in [1.82, 2.24) is 4.98 Å². The Bertz CT molecular complexity index is 337. The number of anilines is 1. The van der Waals surface area contributed by atoms with Gasteiger partial charge in [0.2, 0.25) is 0 Å². The van der Waals surface area contributed by atoms with Crippen LogP contribution < -0.4 is 4.90 Å². The van der Waals surface area contributed by atoms with E-state index in [0.29, 0.717) is 13.1 Å². The summed E-state index contributed by atoms with van der Waals surface area (Å²) >= 11 is 3.41. The molecule has 2 heterocycles. The zero-order chi connectivity index (χ0) is 10.1. The highest BCUT2D eigenvalue weighted by Gasteiger charge is 2.26. The minimum atomic E-state index is -0.176. The summed E-state index contributed by atoms with van der Waals surface area (Å²) in [6.07, 6.45) is 2.60. The number of nitrogens with zero attached hydrogens (tertiary/aromatic N) is 2. The van der Waals surface area contributed by atoms with Crippen LogP contribution in [0.1, 0.15) is 12.5 Å². The van der Waals surface area contributed by atoms with Gasteiger partial charge in [0.05, 0.1) is 6.10 Å². The standard InChI is InChI=1S/C10H13BrN2O/c1-2-7-3-8(11)4-12-10(7)13-5-9(14)6-13/h3-4,9,14H,2,5-6H2,1H3. The van der Waals surface area contributed by atoms with Gasteiger partial charge in [-0.15, -0.1) is 0 Å². The molecule has 1 saturated heterocycles. The van der Waals surface area contributed by atoms with Crippen LogP contribution in [-0.4, -0.2) is 29.3 Å². The van der Waals surface area contributed by atoms with Gasteiger partial charge in [-0.3, -0.25) is 0 Å². The van der Waals surface area contributed by atoms with Crippen molar-refractivity contribution in [2.24, 2.45) is 0 Å². The first-order valence-electron chi connectivity index (χ1n) is 4.78. The molecule has 0 unspecified atom stereocenters. The van der Waals surface area contributed by atoms with E-state index in [4.69, 9.17) is 0 Å². The molecule has 1 aliphatic heterocycles. The van der Waals surface area contributed by atoms with E-state index in [9.17, 15) is 5.11 Å². The van der Waals surface area contributed by atoms with Gasteiger partial charge in [0.1, 0.15) is 5.82 Å². The highest BCUT2D eigenvalue weighted by Crippen LogP contribution is 2.25. The van der Waals surface area contributed by atoms with Crippen molar-refractivity contribution in [3.05, 3.63) is 22.3 Å². The second kappa shape index (κ2) is 3.87. The molecule has 0 amide bonds. The number of rotatable bonds is 2. The van der Waals surface area contributed by atoms with Crippen LogP contribution in [0.4, 0.5) is 5.82 Å². The van der Waals surface area contributed by atoms with Crippen molar-refractivity contribution in [1.29, 1.82) is 0 Å². The molecule has 4 heteroatoms. The fourth-order valence-corrected chi connectivity index (χ4v) is 2.03. The summed E-state index contributed by atoms with van der Waals surface area (Å²) in [6, 6.07) is 2.09. The van der Waals surface area contributed by atoms with Gasteiger partial charge in [0.15, 0.2) is 0 Å². The number of pyridine rings is 1. The number of aryl methyl sites for hydroxylation is 1. The third kappa shape index (κ3) is 1.77. The van der Waals surface area contributed by atoms with Crippen LogP contribution in [0.25, 0.3) is 0 Å². The maximum atomic E-state index is 9.22. The van der Waals surface area contributed by atoms with Crippen LogP contribution in [0, 0.1) is 0 Å². The van der Waals surface area contributed by atoms with Crippen molar-refractivity contribution in [2.75, 3.05) is 18.0 Å². The quantitative estimate of drug-likeness (QED) is 0.874. The molecule has 0 aromatic carbocycles. The van der Waals surface area contributed by atoms with Crippen molar-refractivity contribution in [3.8, 4) is 0 Å². The van der Waals surface area contributed by atoms with Crippen LogP contribution in [0.5, 0.6) is 0 Å². The van der Waals surface area contributed by atoms with Crippen LogP contribution in [-0.2, 0) is 6.42 Å².